The van der Waals surface area contributed by atoms with Crippen LogP contribution in [-0.4, -0.2) is 32.1 Å². The number of benzene rings is 1. The van der Waals surface area contributed by atoms with Crippen LogP contribution >= 0.6 is 11.3 Å². The van der Waals surface area contributed by atoms with E-state index in [0.717, 1.165) is 24.2 Å². The molecule has 0 spiro atoms. The fourth-order valence-electron chi connectivity index (χ4n) is 3.20. The molecule has 0 unspecified atom stereocenters. The molecule has 1 aliphatic rings. The van der Waals surface area contributed by atoms with Gasteiger partial charge in [0.15, 0.2) is 6.61 Å². The number of hydrogen-bond donors (Lipinski definition) is 1. The quantitative estimate of drug-likeness (QED) is 0.740. The monoisotopic (exact) mass is 387 g/mol. The van der Waals surface area contributed by atoms with E-state index in [4.69, 9.17) is 9.47 Å². The Morgan fingerprint density at radius 1 is 1.26 bits per heavy atom. The summed E-state index contributed by atoms with van der Waals surface area (Å²) in [5.74, 6) is 0.769. The van der Waals surface area contributed by atoms with Crippen LogP contribution in [0.15, 0.2) is 30.3 Å². The summed E-state index contributed by atoms with van der Waals surface area (Å²) < 4.78 is 10.3. The first kappa shape index (κ1) is 19.4. The number of aryl methyl sites for hydroxylation is 1. The highest BCUT2D eigenvalue weighted by Crippen LogP contribution is 2.32. The maximum atomic E-state index is 12.2. The van der Waals surface area contributed by atoms with Crippen LogP contribution < -0.4 is 10.1 Å². The second-order valence-corrected chi connectivity index (χ2v) is 8.07. The Kier molecular flexibility index (Phi) is 6.50. The standard InChI is InChI=1S/C21H25NO4S/c1-14-3-8-18-16(11-14)12-19(27-18)21(24)26-13-20(23)22-10-9-15-4-6-17(25-2)7-5-15/h4-7,12,14H,3,8-11,13H2,1-2H3,(H,22,23)/t14-/m0/s1. The van der Waals surface area contributed by atoms with Crippen molar-refractivity contribution in [2.45, 2.75) is 32.6 Å². The van der Waals surface area contributed by atoms with E-state index in [0.29, 0.717) is 23.8 Å². The molecule has 6 heteroatoms. The van der Waals surface area contributed by atoms with Gasteiger partial charge in [0.1, 0.15) is 10.6 Å². The zero-order chi connectivity index (χ0) is 19.2. The molecule has 0 radical (unpaired) electrons. The lowest BCUT2D eigenvalue weighted by molar-refractivity contribution is -0.124. The summed E-state index contributed by atoms with van der Waals surface area (Å²) in [7, 11) is 1.63. The van der Waals surface area contributed by atoms with E-state index in [9.17, 15) is 9.59 Å². The fourth-order valence-corrected chi connectivity index (χ4v) is 4.30. The second-order valence-electron chi connectivity index (χ2n) is 6.93. The van der Waals surface area contributed by atoms with Gasteiger partial charge in [0.2, 0.25) is 0 Å². The molecule has 0 bridgehead atoms. The number of carbonyl (C=O) groups is 2. The molecule has 0 fully saturated rings. The van der Waals surface area contributed by atoms with Crippen molar-refractivity contribution in [1.29, 1.82) is 0 Å². The van der Waals surface area contributed by atoms with Crippen LogP contribution in [0.2, 0.25) is 0 Å². The number of fused-ring (bicyclic) bond motifs is 1. The maximum absolute atomic E-state index is 12.2. The molecule has 1 heterocycles. The largest absolute Gasteiger partial charge is 0.497 e. The Hall–Kier alpha value is -2.34. The normalized spacial score (nSPS) is 15.7. The van der Waals surface area contributed by atoms with Crippen molar-refractivity contribution in [2.24, 2.45) is 5.92 Å². The van der Waals surface area contributed by atoms with Gasteiger partial charge < -0.3 is 14.8 Å². The van der Waals surface area contributed by atoms with E-state index in [-0.39, 0.29) is 12.5 Å². The molecule has 2 aromatic rings. The van der Waals surface area contributed by atoms with Crippen molar-refractivity contribution < 1.29 is 19.1 Å². The Morgan fingerprint density at radius 2 is 2.04 bits per heavy atom. The molecule has 27 heavy (non-hydrogen) atoms. The number of carbonyl (C=O) groups excluding carboxylic acids is 2. The van der Waals surface area contributed by atoms with E-state index in [1.54, 1.807) is 7.11 Å². The molecule has 1 aliphatic carbocycles. The lowest BCUT2D eigenvalue weighted by atomic mass is 9.90. The van der Waals surface area contributed by atoms with Gasteiger partial charge in [0.05, 0.1) is 7.11 Å². The predicted octanol–water partition coefficient (Wildman–Crippen LogP) is 3.40. The third-order valence-electron chi connectivity index (χ3n) is 4.76. The highest BCUT2D eigenvalue weighted by Gasteiger charge is 2.21. The fraction of sp³-hybridized carbons (Fsp3) is 0.429. The number of nitrogens with one attached hydrogen (secondary N) is 1. The molecule has 1 aromatic heterocycles. The molecule has 0 saturated carbocycles. The summed E-state index contributed by atoms with van der Waals surface area (Å²) in [4.78, 5) is 26.0. The average Bonchev–Trinajstić information content (AvgIpc) is 3.10. The molecule has 3 rings (SSSR count). The second kappa shape index (κ2) is 9.04. The summed E-state index contributed by atoms with van der Waals surface area (Å²) in [5.41, 5.74) is 2.36. The van der Waals surface area contributed by atoms with Crippen LogP contribution in [0.4, 0.5) is 0 Å². The number of amides is 1. The number of thiophene rings is 1. The van der Waals surface area contributed by atoms with Gasteiger partial charge >= 0.3 is 5.97 Å². The van der Waals surface area contributed by atoms with Gasteiger partial charge in [-0.05, 0) is 60.9 Å². The van der Waals surface area contributed by atoms with Crippen LogP contribution in [0, 0.1) is 5.92 Å². The zero-order valence-electron chi connectivity index (χ0n) is 15.7. The van der Waals surface area contributed by atoms with Gasteiger partial charge in [-0.1, -0.05) is 19.1 Å². The van der Waals surface area contributed by atoms with E-state index < -0.39 is 5.97 Å². The van der Waals surface area contributed by atoms with Crippen LogP contribution in [0.3, 0.4) is 0 Å². The van der Waals surface area contributed by atoms with Crippen molar-refractivity contribution in [3.05, 3.63) is 51.2 Å². The van der Waals surface area contributed by atoms with Crippen LogP contribution in [0.25, 0.3) is 0 Å². The first-order valence-electron chi connectivity index (χ1n) is 9.23. The lowest BCUT2D eigenvalue weighted by Crippen LogP contribution is -2.30. The third-order valence-corrected chi connectivity index (χ3v) is 5.98. The number of esters is 1. The number of methoxy groups -OCH3 is 1. The molecule has 1 aromatic carbocycles. The number of ether oxygens (including phenoxy) is 2. The first-order chi connectivity index (χ1) is 13.0. The van der Waals surface area contributed by atoms with Crippen molar-refractivity contribution >= 4 is 23.2 Å². The smallest absolute Gasteiger partial charge is 0.348 e. The molecule has 1 atom stereocenters. The minimum atomic E-state index is -0.410. The van der Waals surface area contributed by atoms with E-state index >= 15 is 0 Å². The molecule has 1 amide bonds. The van der Waals surface area contributed by atoms with Gasteiger partial charge in [-0.15, -0.1) is 11.3 Å². The molecule has 0 aliphatic heterocycles. The molecular weight excluding hydrogens is 362 g/mol. The van der Waals surface area contributed by atoms with Gasteiger partial charge in [0, 0.05) is 11.4 Å². The van der Waals surface area contributed by atoms with E-state index in [1.165, 1.54) is 28.2 Å². The summed E-state index contributed by atoms with van der Waals surface area (Å²) in [5, 5.41) is 2.78. The number of rotatable bonds is 7. The summed E-state index contributed by atoms with van der Waals surface area (Å²) in [6.07, 6.45) is 3.92. The summed E-state index contributed by atoms with van der Waals surface area (Å²) >= 11 is 1.50. The zero-order valence-corrected chi connectivity index (χ0v) is 16.6. The Morgan fingerprint density at radius 3 is 2.78 bits per heavy atom. The summed E-state index contributed by atoms with van der Waals surface area (Å²) in [6, 6.07) is 9.63. The minimum Gasteiger partial charge on any atom is -0.497 e. The average molecular weight is 388 g/mol. The van der Waals surface area contributed by atoms with Crippen molar-refractivity contribution in [3.8, 4) is 5.75 Å². The van der Waals surface area contributed by atoms with E-state index in [2.05, 4.69) is 12.2 Å². The molecule has 0 saturated heterocycles. The Labute approximate surface area is 163 Å². The molecule has 144 valence electrons. The molecular formula is C21H25NO4S. The highest BCUT2D eigenvalue weighted by atomic mass is 32.1. The Bertz CT molecular complexity index is 797. The first-order valence-corrected chi connectivity index (χ1v) is 10.0. The van der Waals surface area contributed by atoms with Gasteiger partial charge in [-0.2, -0.15) is 0 Å². The Balaban J connectivity index is 1.40. The van der Waals surface area contributed by atoms with Crippen molar-refractivity contribution in [2.75, 3.05) is 20.3 Å². The van der Waals surface area contributed by atoms with Crippen LogP contribution in [0.5, 0.6) is 5.75 Å². The van der Waals surface area contributed by atoms with Crippen molar-refractivity contribution in [1.82, 2.24) is 5.32 Å². The van der Waals surface area contributed by atoms with E-state index in [1.807, 2.05) is 30.3 Å². The van der Waals surface area contributed by atoms with Crippen LogP contribution in [0.1, 0.15) is 39.0 Å². The van der Waals surface area contributed by atoms with Gasteiger partial charge in [0.25, 0.3) is 5.91 Å². The van der Waals surface area contributed by atoms with Gasteiger partial charge in [-0.3, -0.25) is 4.79 Å². The lowest BCUT2D eigenvalue weighted by Gasteiger charge is -2.16. The van der Waals surface area contributed by atoms with Crippen molar-refractivity contribution in [3.63, 3.8) is 0 Å². The topological polar surface area (TPSA) is 64.6 Å². The third kappa shape index (κ3) is 5.32. The highest BCUT2D eigenvalue weighted by molar-refractivity contribution is 7.14. The molecule has 1 N–H and O–H groups in total. The number of hydrogen-bond acceptors (Lipinski definition) is 5. The van der Waals surface area contributed by atoms with Gasteiger partial charge in [-0.25, -0.2) is 4.79 Å². The predicted molar refractivity (Wildman–Crippen MR) is 105 cm³/mol. The summed E-state index contributed by atoms with van der Waals surface area (Å²) in [6.45, 7) is 2.48. The maximum Gasteiger partial charge on any atom is 0.348 e. The van der Waals surface area contributed by atoms with Crippen LogP contribution in [-0.2, 0) is 28.8 Å². The SMILES string of the molecule is COc1ccc(CCNC(=O)COC(=O)c2cc3c(s2)CC[C@H](C)C3)cc1. The molecule has 5 nitrogen and oxygen atoms in total. The minimum absolute atomic E-state index is 0.250.